The van der Waals surface area contributed by atoms with Gasteiger partial charge in [-0.05, 0) is 38.8 Å². The number of Topliss-reactive ketones (excluding diaryl/α,β-unsaturated/α-hetero) is 1. The van der Waals surface area contributed by atoms with Gasteiger partial charge in [0.25, 0.3) is 0 Å². The molecule has 1 aliphatic heterocycles. The first-order valence-electron chi connectivity index (χ1n) is 10.3. The Morgan fingerprint density at radius 2 is 1.88 bits per heavy atom. The van der Waals surface area contributed by atoms with Crippen LogP contribution in [0.2, 0.25) is 0 Å². The minimum absolute atomic E-state index is 0.0299. The topological polar surface area (TPSA) is 160 Å². The number of aryl methyl sites for hydroxylation is 1. The third kappa shape index (κ3) is 5.22. The smallest absolute Gasteiger partial charge is 0.419 e. The highest BCUT2D eigenvalue weighted by molar-refractivity contribution is 7.89. The number of esters is 1. The average Bonchev–Trinajstić information content (AvgIpc) is 3.37. The van der Waals surface area contributed by atoms with Crippen LogP contribution in [0.25, 0.3) is 11.1 Å². The summed E-state index contributed by atoms with van der Waals surface area (Å²) in [5.74, 6) is -2.56. The van der Waals surface area contributed by atoms with Crippen molar-refractivity contribution in [2.45, 2.75) is 44.6 Å². The molecule has 0 radical (unpaired) electrons. The molecule has 12 heteroatoms. The maximum absolute atomic E-state index is 12.7. The number of nitrogens with one attached hydrogen (secondary N) is 1. The van der Waals surface area contributed by atoms with E-state index in [2.05, 4.69) is 0 Å². The second-order valence-corrected chi connectivity index (χ2v) is 9.61. The minimum atomic E-state index is -3.67. The Labute approximate surface area is 189 Å². The SMILES string of the molecule is CC(=N)/C(C(C)=O)=C(/O)COC(=O)CCn1c(=O)oc2cc(S(=O)(=O)N3CCCC3)ccc21. The predicted octanol–water partition coefficient (Wildman–Crippen LogP) is 1.75. The van der Waals surface area contributed by atoms with Crippen LogP contribution in [0.4, 0.5) is 0 Å². The Bertz CT molecular complexity index is 1280. The lowest BCUT2D eigenvalue weighted by Gasteiger charge is -2.15. The predicted molar refractivity (Wildman–Crippen MR) is 118 cm³/mol. The van der Waals surface area contributed by atoms with Crippen molar-refractivity contribution in [3.8, 4) is 0 Å². The Kier molecular flexibility index (Phi) is 7.18. The molecule has 11 nitrogen and oxygen atoms in total. The fourth-order valence-corrected chi connectivity index (χ4v) is 5.21. The molecule has 178 valence electrons. The van der Waals surface area contributed by atoms with Gasteiger partial charge in [0.1, 0.15) is 12.4 Å². The first kappa shape index (κ1) is 24.4. The summed E-state index contributed by atoms with van der Waals surface area (Å²) in [4.78, 5) is 35.8. The second-order valence-electron chi connectivity index (χ2n) is 7.67. The van der Waals surface area contributed by atoms with Crippen molar-refractivity contribution >= 4 is 38.6 Å². The highest BCUT2D eigenvalue weighted by Crippen LogP contribution is 2.24. The maximum atomic E-state index is 12.7. The van der Waals surface area contributed by atoms with E-state index in [4.69, 9.17) is 14.6 Å². The molecular weight excluding hydrogens is 454 g/mol. The number of carbonyl (C=O) groups excluding carboxylic acids is 2. The molecule has 0 bridgehead atoms. The van der Waals surface area contributed by atoms with Crippen LogP contribution >= 0.6 is 0 Å². The van der Waals surface area contributed by atoms with Crippen molar-refractivity contribution < 1.29 is 32.3 Å². The number of rotatable bonds is 9. The Morgan fingerprint density at radius 1 is 1.21 bits per heavy atom. The van der Waals surface area contributed by atoms with Crippen molar-refractivity contribution in [2.24, 2.45) is 0 Å². The monoisotopic (exact) mass is 479 g/mol. The van der Waals surface area contributed by atoms with E-state index in [-0.39, 0.29) is 34.7 Å². The first-order chi connectivity index (χ1) is 15.5. The molecular formula is C21H25N3O8S. The Morgan fingerprint density at radius 3 is 2.48 bits per heavy atom. The number of hydrogen-bond donors (Lipinski definition) is 2. The third-order valence-corrected chi connectivity index (χ3v) is 7.16. The molecule has 0 unspecified atom stereocenters. The number of ketones is 1. The number of aliphatic hydroxyl groups is 1. The number of hydrogen-bond acceptors (Lipinski definition) is 9. The summed E-state index contributed by atoms with van der Waals surface area (Å²) in [6.45, 7) is 2.73. The number of aromatic nitrogens is 1. The Hall–Kier alpha value is -3.25. The molecule has 3 rings (SSSR count). The van der Waals surface area contributed by atoms with E-state index >= 15 is 0 Å². The molecule has 1 aromatic carbocycles. The zero-order chi connectivity index (χ0) is 24.3. The number of allylic oxidation sites excluding steroid dienone is 1. The van der Waals surface area contributed by atoms with Gasteiger partial charge in [0.15, 0.2) is 11.4 Å². The van der Waals surface area contributed by atoms with Crippen LogP contribution in [-0.4, -0.2) is 59.6 Å². The lowest BCUT2D eigenvalue weighted by molar-refractivity contribution is -0.143. The molecule has 0 saturated carbocycles. The molecule has 0 aliphatic carbocycles. The van der Waals surface area contributed by atoms with Gasteiger partial charge in [0, 0.05) is 31.4 Å². The molecule has 0 spiro atoms. The lowest BCUT2D eigenvalue weighted by atomic mass is 10.1. The van der Waals surface area contributed by atoms with Crippen LogP contribution in [-0.2, 0) is 30.9 Å². The summed E-state index contributed by atoms with van der Waals surface area (Å²) in [5.41, 5.74) is 0.0362. The van der Waals surface area contributed by atoms with Gasteiger partial charge in [-0.3, -0.25) is 14.2 Å². The molecule has 0 amide bonds. The van der Waals surface area contributed by atoms with Crippen LogP contribution in [0.15, 0.2) is 43.6 Å². The van der Waals surface area contributed by atoms with Gasteiger partial charge in [-0.25, -0.2) is 13.2 Å². The molecule has 0 atom stereocenters. The highest BCUT2D eigenvalue weighted by Gasteiger charge is 2.28. The summed E-state index contributed by atoms with van der Waals surface area (Å²) in [6, 6.07) is 4.14. The fraction of sp³-hybridized carbons (Fsp3) is 0.429. The number of oxazole rings is 1. The quantitative estimate of drug-likeness (QED) is 0.238. The van der Waals surface area contributed by atoms with Crippen LogP contribution in [0.1, 0.15) is 33.1 Å². The lowest BCUT2D eigenvalue weighted by Crippen LogP contribution is -2.27. The first-order valence-corrected chi connectivity index (χ1v) is 11.7. The molecule has 2 aromatic rings. The van der Waals surface area contributed by atoms with E-state index in [1.165, 1.54) is 40.9 Å². The van der Waals surface area contributed by atoms with E-state index in [1.54, 1.807) is 0 Å². The largest absolute Gasteiger partial charge is 0.508 e. The van der Waals surface area contributed by atoms with Gasteiger partial charge in [0.05, 0.1) is 22.4 Å². The number of aliphatic hydroxyl groups excluding tert-OH is 1. The van der Waals surface area contributed by atoms with Crippen molar-refractivity contribution in [3.63, 3.8) is 0 Å². The van der Waals surface area contributed by atoms with Crippen molar-refractivity contribution in [3.05, 3.63) is 40.1 Å². The number of carbonyl (C=O) groups is 2. The maximum Gasteiger partial charge on any atom is 0.419 e. The van der Waals surface area contributed by atoms with Crippen molar-refractivity contribution in [1.29, 1.82) is 5.41 Å². The molecule has 33 heavy (non-hydrogen) atoms. The van der Waals surface area contributed by atoms with Gasteiger partial charge in [-0.1, -0.05) is 0 Å². The van der Waals surface area contributed by atoms with Gasteiger partial charge in [0.2, 0.25) is 10.0 Å². The van der Waals surface area contributed by atoms with Crippen LogP contribution in [0, 0.1) is 5.41 Å². The summed E-state index contributed by atoms with van der Waals surface area (Å²) in [5, 5.41) is 17.4. The van der Waals surface area contributed by atoms with E-state index < -0.39 is 39.9 Å². The minimum Gasteiger partial charge on any atom is -0.508 e. The zero-order valence-electron chi connectivity index (χ0n) is 18.3. The zero-order valence-corrected chi connectivity index (χ0v) is 19.1. The summed E-state index contributed by atoms with van der Waals surface area (Å²) in [7, 11) is -3.67. The van der Waals surface area contributed by atoms with E-state index in [0.29, 0.717) is 18.6 Å². The van der Waals surface area contributed by atoms with Crippen LogP contribution < -0.4 is 5.76 Å². The number of benzene rings is 1. The summed E-state index contributed by atoms with van der Waals surface area (Å²) in [6.07, 6.45) is 1.36. The van der Waals surface area contributed by atoms with Gasteiger partial charge < -0.3 is 19.7 Å². The van der Waals surface area contributed by atoms with Crippen molar-refractivity contribution in [2.75, 3.05) is 19.7 Å². The highest BCUT2D eigenvalue weighted by atomic mass is 32.2. The molecule has 2 heterocycles. The number of ether oxygens (including phenoxy) is 1. The van der Waals surface area contributed by atoms with E-state index in [9.17, 15) is 27.9 Å². The molecule has 1 aliphatic rings. The molecule has 1 fully saturated rings. The van der Waals surface area contributed by atoms with E-state index in [0.717, 1.165) is 12.8 Å². The molecule has 2 N–H and O–H groups in total. The molecule has 1 aromatic heterocycles. The fourth-order valence-electron chi connectivity index (χ4n) is 3.68. The number of nitrogens with zero attached hydrogens (tertiary/aromatic N) is 2. The number of fused-ring (bicyclic) bond motifs is 1. The van der Waals surface area contributed by atoms with Crippen molar-refractivity contribution in [1.82, 2.24) is 8.87 Å². The second kappa shape index (κ2) is 9.71. The third-order valence-electron chi connectivity index (χ3n) is 5.27. The van der Waals surface area contributed by atoms with Gasteiger partial charge in [-0.2, -0.15) is 4.31 Å². The molecule has 1 saturated heterocycles. The van der Waals surface area contributed by atoms with Gasteiger partial charge in [-0.15, -0.1) is 0 Å². The number of sulfonamides is 1. The standard InChI is InChI=1S/C21H25N3O8S/c1-13(22)20(14(2)25)17(26)12-31-19(27)7-10-24-16-6-5-15(11-18(16)32-21(24)28)33(29,30)23-8-3-4-9-23/h5-6,11,22,26H,3-4,7-10,12H2,1-2H3/b20-17-,22-13?. The normalized spacial score (nSPS) is 15.5. The van der Waals surface area contributed by atoms with Gasteiger partial charge >= 0.3 is 11.7 Å². The van der Waals surface area contributed by atoms with E-state index in [1.807, 2.05) is 0 Å². The van der Waals surface area contributed by atoms with Crippen LogP contribution in [0.3, 0.4) is 0 Å². The summed E-state index contributed by atoms with van der Waals surface area (Å²) >= 11 is 0. The average molecular weight is 480 g/mol. The Balaban J connectivity index is 1.71. The van der Waals surface area contributed by atoms with Crippen LogP contribution in [0.5, 0.6) is 0 Å². The summed E-state index contributed by atoms with van der Waals surface area (Å²) < 4.78 is 38.1.